The number of nitrogens with one attached hydrogen (secondary N) is 2. The molecule has 3 rings (SSSR count). The molecule has 3 aromatic rings. The van der Waals surface area contributed by atoms with Crippen molar-refractivity contribution in [1.29, 1.82) is 5.41 Å². The Hall–Kier alpha value is -3.80. The van der Waals surface area contributed by atoms with Crippen LogP contribution in [0, 0.1) is 5.41 Å². The van der Waals surface area contributed by atoms with Crippen LogP contribution in [-0.2, 0) is 23.5 Å². The fourth-order valence-corrected chi connectivity index (χ4v) is 3.35. The van der Waals surface area contributed by atoms with Gasteiger partial charge in [0, 0.05) is 12.5 Å². The van der Waals surface area contributed by atoms with Crippen LogP contribution in [0.15, 0.2) is 72.8 Å². The van der Waals surface area contributed by atoms with Gasteiger partial charge < -0.3 is 20.5 Å². The molecule has 32 heavy (non-hydrogen) atoms. The first-order valence-corrected chi connectivity index (χ1v) is 10.4. The number of amides is 1. The van der Waals surface area contributed by atoms with Crippen LogP contribution in [0.25, 0.3) is 0 Å². The van der Waals surface area contributed by atoms with Crippen molar-refractivity contribution < 1.29 is 14.3 Å². The Morgan fingerprint density at radius 1 is 0.906 bits per heavy atom. The van der Waals surface area contributed by atoms with Gasteiger partial charge in [0.05, 0.1) is 5.54 Å². The lowest BCUT2D eigenvalue weighted by Gasteiger charge is -2.26. The first-order chi connectivity index (χ1) is 15.2. The Morgan fingerprint density at radius 3 is 1.88 bits per heavy atom. The Bertz CT molecular complexity index is 1070. The molecule has 0 spiro atoms. The molecule has 0 aliphatic rings. The number of benzene rings is 3. The predicted octanol–water partition coefficient (Wildman–Crippen LogP) is 4.50. The smallest absolute Gasteiger partial charge is 0.217 e. The molecule has 0 atom stereocenters. The molecule has 1 amide bonds. The van der Waals surface area contributed by atoms with Crippen molar-refractivity contribution in [2.24, 2.45) is 5.73 Å². The van der Waals surface area contributed by atoms with Crippen LogP contribution in [-0.4, -0.2) is 11.7 Å². The van der Waals surface area contributed by atoms with E-state index in [1.54, 1.807) is 24.3 Å². The van der Waals surface area contributed by atoms with E-state index in [0.717, 1.165) is 28.2 Å². The molecule has 4 N–H and O–H groups in total. The van der Waals surface area contributed by atoms with Gasteiger partial charge in [-0.25, -0.2) is 0 Å². The molecule has 0 bridgehead atoms. The van der Waals surface area contributed by atoms with E-state index >= 15 is 0 Å². The molecule has 0 heterocycles. The summed E-state index contributed by atoms with van der Waals surface area (Å²) < 4.78 is 11.8. The van der Waals surface area contributed by atoms with Crippen LogP contribution in [0.3, 0.4) is 0 Å². The molecule has 0 aromatic heterocycles. The fraction of sp³-hybridized carbons (Fsp3) is 0.231. The van der Waals surface area contributed by atoms with E-state index in [4.69, 9.17) is 20.6 Å². The first kappa shape index (κ1) is 22.9. The number of hydrogen-bond acceptors (Lipinski definition) is 4. The Morgan fingerprint density at radius 2 is 1.41 bits per heavy atom. The third-order valence-corrected chi connectivity index (χ3v) is 5.03. The molecular weight excluding hydrogens is 402 g/mol. The van der Waals surface area contributed by atoms with Crippen molar-refractivity contribution in [3.8, 4) is 11.5 Å². The summed E-state index contributed by atoms with van der Waals surface area (Å²) in [6.45, 7) is 6.32. The highest BCUT2D eigenvalue weighted by molar-refractivity contribution is 5.94. The average molecular weight is 432 g/mol. The van der Waals surface area contributed by atoms with E-state index in [-0.39, 0.29) is 11.7 Å². The first-order valence-electron chi connectivity index (χ1n) is 10.4. The maximum absolute atomic E-state index is 11.4. The molecule has 3 aromatic carbocycles. The van der Waals surface area contributed by atoms with Crippen LogP contribution in [0.4, 0.5) is 0 Å². The van der Waals surface area contributed by atoms with Gasteiger partial charge in [-0.15, -0.1) is 0 Å². The zero-order chi connectivity index (χ0) is 23.1. The van der Waals surface area contributed by atoms with Gasteiger partial charge in [0.2, 0.25) is 5.91 Å². The van der Waals surface area contributed by atoms with Crippen molar-refractivity contribution in [3.63, 3.8) is 0 Å². The lowest BCUT2D eigenvalue weighted by atomic mass is 9.94. The average Bonchev–Trinajstić information content (AvgIpc) is 2.76. The standard InChI is InChI=1S/C26H29N3O3/c1-18(30)29-26(2,3)22-9-13-24(14-10-22)32-17-20-6-4-5-19(15-20)16-31-23-11-7-21(8-12-23)25(27)28/h4-15H,16-17H2,1-3H3,(H3,27,28)(H,29,30). The van der Waals surface area contributed by atoms with Crippen molar-refractivity contribution in [3.05, 3.63) is 95.1 Å². The van der Waals surface area contributed by atoms with Gasteiger partial charge >= 0.3 is 0 Å². The molecule has 0 saturated heterocycles. The van der Waals surface area contributed by atoms with E-state index in [1.807, 2.05) is 56.3 Å². The van der Waals surface area contributed by atoms with Gasteiger partial charge in [0.15, 0.2) is 0 Å². The van der Waals surface area contributed by atoms with Crippen LogP contribution in [0.5, 0.6) is 11.5 Å². The van der Waals surface area contributed by atoms with Crippen molar-refractivity contribution in [2.45, 2.75) is 39.5 Å². The molecule has 6 heteroatoms. The summed E-state index contributed by atoms with van der Waals surface area (Å²) >= 11 is 0. The zero-order valence-corrected chi connectivity index (χ0v) is 18.6. The van der Waals surface area contributed by atoms with Gasteiger partial charge in [-0.2, -0.15) is 0 Å². The second-order valence-corrected chi connectivity index (χ2v) is 8.17. The minimum Gasteiger partial charge on any atom is -0.489 e. The lowest BCUT2D eigenvalue weighted by Crippen LogP contribution is -2.39. The molecule has 0 unspecified atom stereocenters. The van der Waals surface area contributed by atoms with E-state index in [0.29, 0.717) is 18.8 Å². The number of ether oxygens (including phenoxy) is 2. The molecule has 0 aliphatic carbocycles. The molecule has 166 valence electrons. The Kier molecular flexibility index (Phi) is 7.15. The summed E-state index contributed by atoms with van der Waals surface area (Å²) in [5.41, 5.74) is 8.79. The van der Waals surface area contributed by atoms with Gasteiger partial charge in [0.25, 0.3) is 0 Å². The van der Waals surface area contributed by atoms with Gasteiger partial charge in [-0.3, -0.25) is 10.2 Å². The van der Waals surface area contributed by atoms with Crippen LogP contribution < -0.4 is 20.5 Å². The summed E-state index contributed by atoms with van der Waals surface area (Å²) in [6, 6.07) is 23.0. The highest BCUT2D eigenvalue weighted by atomic mass is 16.5. The number of rotatable bonds is 9. The largest absolute Gasteiger partial charge is 0.489 e. The molecule has 0 aliphatic heterocycles. The quantitative estimate of drug-likeness (QED) is 0.343. The third-order valence-electron chi connectivity index (χ3n) is 5.03. The van der Waals surface area contributed by atoms with Crippen LogP contribution >= 0.6 is 0 Å². The minimum atomic E-state index is -0.439. The second-order valence-electron chi connectivity index (χ2n) is 8.17. The summed E-state index contributed by atoms with van der Waals surface area (Å²) in [4.78, 5) is 11.4. The monoisotopic (exact) mass is 431 g/mol. The zero-order valence-electron chi connectivity index (χ0n) is 18.6. The maximum Gasteiger partial charge on any atom is 0.217 e. The van der Waals surface area contributed by atoms with Crippen LogP contribution in [0.2, 0.25) is 0 Å². The van der Waals surface area contributed by atoms with Gasteiger partial charge in [-0.05, 0) is 73.0 Å². The molecule has 6 nitrogen and oxygen atoms in total. The number of carbonyl (C=O) groups is 1. The molecule has 0 fully saturated rings. The molecule has 0 saturated carbocycles. The van der Waals surface area contributed by atoms with Crippen molar-refractivity contribution in [2.75, 3.05) is 0 Å². The number of hydrogen-bond donors (Lipinski definition) is 3. The Balaban J connectivity index is 1.55. The van der Waals surface area contributed by atoms with E-state index in [1.165, 1.54) is 6.92 Å². The van der Waals surface area contributed by atoms with Crippen LogP contribution in [0.1, 0.15) is 43.0 Å². The number of amidine groups is 1. The second kappa shape index (κ2) is 10.0. The lowest BCUT2D eigenvalue weighted by molar-refractivity contribution is -0.120. The van der Waals surface area contributed by atoms with Crippen molar-refractivity contribution >= 4 is 11.7 Å². The Labute approximate surface area is 188 Å². The molecular formula is C26H29N3O3. The minimum absolute atomic E-state index is 0.0373. The predicted molar refractivity (Wildman–Crippen MR) is 126 cm³/mol. The third kappa shape index (κ3) is 6.35. The summed E-state index contributed by atoms with van der Waals surface area (Å²) in [6.07, 6.45) is 0. The van der Waals surface area contributed by atoms with Crippen molar-refractivity contribution in [1.82, 2.24) is 5.32 Å². The number of nitrogen functional groups attached to an aromatic ring is 1. The normalized spacial score (nSPS) is 11.0. The van der Waals surface area contributed by atoms with Gasteiger partial charge in [-0.1, -0.05) is 30.3 Å². The van der Waals surface area contributed by atoms with Gasteiger partial charge in [0.1, 0.15) is 30.5 Å². The summed E-state index contributed by atoms with van der Waals surface area (Å²) in [7, 11) is 0. The number of nitrogens with two attached hydrogens (primary N) is 1. The number of carbonyl (C=O) groups excluding carboxylic acids is 1. The molecule has 0 radical (unpaired) electrons. The highest BCUT2D eigenvalue weighted by Crippen LogP contribution is 2.23. The summed E-state index contributed by atoms with van der Waals surface area (Å²) in [5, 5.41) is 10.4. The SMILES string of the molecule is CC(=O)NC(C)(C)c1ccc(OCc2cccc(COc3ccc(C(=N)N)cc3)c2)cc1. The topological polar surface area (TPSA) is 97.4 Å². The van der Waals surface area contributed by atoms with E-state index in [2.05, 4.69) is 11.4 Å². The fourth-order valence-electron chi connectivity index (χ4n) is 3.35. The van der Waals surface area contributed by atoms with E-state index in [9.17, 15) is 4.79 Å². The maximum atomic E-state index is 11.4. The van der Waals surface area contributed by atoms with E-state index < -0.39 is 5.54 Å². The highest BCUT2D eigenvalue weighted by Gasteiger charge is 2.21. The summed E-state index contributed by atoms with van der Waals surface area (Å²) in [5.74, 6) is 1.46.